The van der Waals surface area contributed by atoms with Crippen LogP contribution < -0.4 is 10.8 Å². The maximum Gasteiger partial charge on any atom is 0.267 e. The van der Waals surface area contributed by atoms with Crippen molar-refractivity contribution >= 4 is 23.0 Å². The molecule has 0 aliphatic rings. The van der Waals surface area contributed by atoms with Crippen LogP contribution in [0.25, 0.3) is 17.0 Å². The fourth-order valence-corrected chi connectivity index (χ4v) is 2.63. The Kier molecular flexibility index (Phi) is 5.78. The van der Waals surface area contributed by atoms with Crippen molar-refractivity contribution in [2.45, 2.75) is 13.0 Å². The van der Waals surface area contributed by atoms with Gasteiger partial charge in [0, 0.05) is 23.6 Å². The van der Waals surface area contributed by atoms with Gasteiger partial charge >= 0.3 is 0 Å². The first-order chi connectivity index (χ1) is 12.7. The normalized spacial score (nSPS) is 11.3. The zero-order valence-electron chi connectivity index (χ0n) is 14.0. The number of halogens is 1. The Labute approximate surface area is 150 Å². The molecule has 0 aliphatic heterocycles. The molecule has 0 fully saturated rings. The third kappa shape index (κ3) is 4.56. The highest BCUT2D eigenvalue weighted by Crippen LogP contribution is 2.17. The summed E-state index contributed by atoms with van der Waals surface area (Å²) in [6.45, 7) is 1.12. The molecule has 3 rings (SSSR count). The van der Waals surface area contributed by atoms with Gasteiger partial charge in [-0.3, -0.25) is 10.0 Å². The Balaban J connectivity index is 1.51. The molecule has 1 heterocycles. The van der Waals surface area contributed by atoms with Gasteiger partial charge in [-0.05, 0) is 48.4 Å². The van der Waals surface area contributed by atoms with E-state index in [4.69, 9.17) is 9.62 Å². The van der Waals surface area contributed by atoms with Crippen molar-refractivity contribution in [2.75, 3.05) is 6.54 Å². The number of amides is 1. The number of hydrogen-bond acceptors (Lipinski definition) is 4. The van der Waals surface area contributed by atoms with Crippen molar-refractivity contribution in [3.05, 3.63) is 77.3 Å². The van der Waals surface area contributed by atoms with Gasteiger partial charge in [-0.25, -0.2) is 9.87 Å². The van der Waals surface area contributed by atoms with E-state index >= 15 is 0 Å². The highest BCUT2D eigenvalue weighted by Gasteiger charge is 2.04. The molecule has 0 unspecified atom stereocenters. The van der Waals surface area contributed by atoms with E-state index in [0.29, 0.717) is 24.2 Å². The maximum absolute atomic E-state index is 14.1. The Morgan fingerprint density at radius 1 is 1.19 bits per heavy atom. The summed E-state index contributed by atoms with van der Waals surface area (Å²) in [5.41, 5.74) is 4.60. The molecule has 5 nitrogen and oxygen atoms in total. The molecule has 0 spiro atoms. The van der Waals surface area contributed by atoms with Crippen LogP contribution in [-0.4, -0.2) is 17.7 Å². The van der Waals surface area contributed by atoms with E-state index in [1.807, 2.05) is 18.2 Å². The van der Waals surface area contributed by atoms with Crippen LogP contribution in [0.15, 0.2) is 59.2 Å². The van der Waals surface area contributed by atoms with Crippen LogP contribution in [-0.2, 0) is 17.8 Å². The van der Waals surface area contributed by atoms with E-state index in [1.165, 1.54) is 17.6 Å². The minimum absolute atomic E-state index is 0.346. The molecule has 0 radical (unpaired) electrons. The third-order valence-corrected chi connectivity index (χ3v) is 4.04. The monoisotopic (exact) mass is 354 g/mol. The molecule has 0 atom stereocenters. The average Bonchev–Trinajstić information content (AvgIpc) is 3.12. The molecular weight excluding hydrogens is 335 g/mol. The molecule has 2 aromatic carbocycles. The summed E-state index contributed by atoms with van der Waals surface area (Å²) in [6.07, 6.45) is 5.04. The number of furan rings is 1. The molecule has 1 amide bonds. The molecule has 3 N–H and O–H groups in total. The standard InChI is InChI=1S/C20H19FN2O3/c21-18-11-14(3-6-20(24)23-25)2-5-17(18)13-22-9-7-15-1-4-16-8-10-26-19(16)12-15/h1-6,8,10-12,22,25H,7,9,13H2,(H,23,24)/b6-3+. The van der Waals surface area contributed by atoms with Gasteiger partial charge in [0.15, 0.2) is 0 Å². The first kappa shape index (κ1) is 17.8. The number of carbonyl (C=O) groups excluding carboxylic acids is 1. The number of nitrogens with one attached hydrogen (secondary N) is 2. The van der Waals surface area contributed by atoms with E-state index < -0.39 is 5.91 Å². The third-order valence-electron chi connectivity index (χ3n) is 4.04. The van der Waals surface area contributed by atoms with Gasteiger partial charge in [-0.15, -0.1) is 0 Å². The summed E-state index contributed by atoms with van der Waals surface area (Å²) in [6, 6.07) is 12.8. The minimum atomic E-state index is -0.663. The van der Waals surface area contributed by atoms with Crippen LogP contribution in [0.5, 0.6) is 0 Å². The highest BCUT2D eigenvalue weighted by molar-refractivity contribution is 5.90. The fourth-order valence-electron chi connectivity index (χ4n) is 2.63. The molecule has 3 aromatic rings. The average molecular weight is 354 g/mol. The largest absolute Gasteiger partial charge is 0.464 e. The van der Waals surface area contributed by atoms with Crippen molar-refractivity contribution in [3.63, 3.8) is 0 Å². The van der Waals surface area contributed by atoms with Crippen molar-refractivity contribution < 1.29 is 18.8 Å². The topological polar surface area (TPSA) is 74.5 Å². The Hall–Kier alpha value is -2.96. The summed E-state index contributed by atoms with van der Waals surface area (Å²) >= 11 is 0. The van der Waals surface area contributed by atoms with Gasteiger partial charge < -0.3 is 9.73 Å². The lowest BCUT2D eigenvalue weighted by Gasteiger charge is -2.07. The van der Waals surface area contributed by atoms with E-state index in [0.717, 1.165) is 29.0 Å². The van der Waals surface area contributed by atoms with Crippen LogP contribution in [0.1, 0.15) is 16.7 Å². The fraction of sp³-hybridized carbons (Fsp3) is 0.150. The number of rotatable bonds is 7. The van der Waals surface area contributed by atoms with Crippen molar-refractivity contribution in [1.29, 1.82) is 0 Å². The van der Waals surface area contributed by atoms with E-state index in [-0.39, 0.29) is 5.82 Å². The van der Waals surface area contributed by atoms with Crippen molar-refractivity contribution in [3.8, 4) is 0 Å². The second-order valence-corrected chi connectivity index (χ2v) is 5.88. The lowest BCUT2D eigenvalue weighted by molar-refractivity contribution is -0.124. The number of fused-ring (bicyclic) bond motifs is 1. The predicted molar refractivity (Wildman–Crippen MR) is 97.0 cm³/mol. The quantitative estimate of drug-likeness (QED) is 0.263. The number of benzene rings is 2. The lowest BCUT2D eigenvalue weighted by Crippen LogP contribution is -2.17. The van der Waals surface area contributed by atoms with Crippen LogP contribution in [0.4, 0.5) is 4.39 Å². The Bertz CT molecular complexity index is 934. The molecule has 6 heteroatoms. The predicted octanol–water partition coefficient (Wildman–Crippen LogP) is 3.42. The molecule has 26 heavy (non-hydrogen) atoms. The van der Waals surface area contributed by atoms with Gasteiger partial charge in [-0.2, -0.15) is 0 Å². The van der Waals surface area contributed by atoms with E-state index in [9.17, 15) is 9.18 Å². The molecule has 0 saturated heterocycles. The van der Waals surface area contributed by atoms with Crippen molar-refractivity contribution in [2.24, 2.45) is 0 Å². The first-order valence-corrected chi connectivity index (χ1v) is 8.23. The van der Waals surface area contributed by atoms with Gasteiger partial charge in [0.1, 0.15) is 11.4 Å². The molecule has 134 valence electrons. The smallest absolute Gasteiger partial charge is 0.267 e. The highest BCUT2D eigenvalue weighted by atomic mass is 19.1. The summed E-state index contributed by atoms with van der Waals surface area (Å²) < 4.78 is 19.5. The van der Waals surface area contributed by atoms with Crippen molar-refractivity contribution in [1.82, 2.24) is 10.8 Å². The van der Waals surface area contributed by atoms with Gasteiger partial charge in [-0.1, -0.05) is 24.3 Å². The molecule has 0 aliphatic carbocycles. The minimum Gasteiger partial charge on any atom is -0.464 e. The van der Waals surface area contributed by atoms with Crippen LogP contribution >= 0.6 is 0 Å². The lowest BCUT2D eigenvalue weighted by atomic mass is 10.1. The molecular formula is C20H19FN2O3. The van der Waals surface area contributed by atoms with Crippen LogP contribution in [0.2, 0.25) is 0 Å². The maximum atomic E-state index is 14.1. The summed E-state index contributed by atoms with van der Waals surface area (Å²) in [5.74, 6) is -1.01. The van der Waals surface area contributed by atoms with Gasteiger partial charge in [0.2, 0.25) is 0 Å². The van der Waals surface area contributed by atoms with Gasteiger partial charge in [0.05, 0.1) is 6.26 Å². The first-order valence-electron chi connectivity index (χ1n) is 8.23. The number of hydroxylamine groups is 1. The van der Waals surface area contributed by atoms with E-state index in [1.54, 1.807) is 18.4 Å². The molecule has 1 aromatic heterocycles. The second kappa shape index (κ2) is 8.42. The zero-order chi connectivity index (χ0) is 18.4. The zero-order valence-corrected chi connectivity index (χ0v) is 14.0. The summed E-state index contributed by atoms with van der Waals surface area (Å²) in [5, 5.41) is 12.7. The van der Waals surface area contributed by atoms with E-state index in [2.05, 4.69) is 11.4 Å². The van der Waals surface area contributed by atoms with Crippen LogP contribution in [0, 0.1) is 5.82 Å². The number of hydrogen-bond donors (Lipinski definition) is 3. The number of carbonyl (C=O) groups is 1. The molecule has 0 saturated carbocycles. The summed E-state index contributed by atoms with van der Waals surface area (Å²) in [4.78, 5) is 10.9. The molecule has 0 bridgehead atoms. The second-order valence-electron chi connectivity index (χ2n) is 5.88. The SMILES string of the molecule is O=C(/C=C/c1ccc(CNCCc2ccc3ccoc3c2)c(F)c1)NO. The Morgan fingerprint density at radius 3 is 2.88 bits per heavy atom. The van der Waals surface area contributed by atoms with Gasteiger partial charge in [0.25, 0.3) is 5.91 Å². The Morgan fingerprint density at radius 2 is 2.08 bits per heavy atom. The summed E-state index contributed by atoms with van der Waals surface area (Å²) in [7, 11) is 0. The van der Waals surface area contributed by atoms with Crippen LogP contribution in [0.3, 0.4) is 0 Å².